The zero-order chi connectivity index (χ0) is 12.3. The van der Waals surface area contributed by atoms with Crippen molar-refractivity contribution in [2.24, 2.45) is 0 Å². The molecule has 1 heterocycles. The Hall–Kier alpha value is -0.930. The molecule has 1 aliphatic carbocycles. The molecule has 0 radical (unpaired) electrons. The van der Waals surface area contributed by atoms with Crippen molar-refractivity contribution in [3.05, 3.63) is 29.6 Å². The van der Waals surface area contributed by atoms with Crippen molar-refractivity contribution in [2.75, 3.05) is 13.7 Å². The Morgan fingerprint density at radius 3 is 3.06 bits per heavy atom. The summed E-state index contributed by atoms with van der Waals surface area (Å²) in [4.78, 5) is 4.54. The lowest BCUT2D eigenvalue weighted by molar-refractivity contribution is 0.0569. The van der Waals surface area contributed by atoms with Crippen molar-refractivity contribution in [3.8, 4) is 0 Å². The molecular formula is C14H22N2O. The summed E-state index contributed by atoms with van der Waals surface area (Å²) in [5.41, 5.74) is 2.67. The molecule has 2 rings (SSSR count). The normalized spacial score (nSPS) is 20.6. The van der Waals surface area contributed by atoms with Gasteiger partial charge < -0.3 is 10.1 Å². The Morgan fingerprint density at radius 2 is 2.35 bits per heavy atom. The van der Waals surface area contributed by atoms with Crippen LogP contribution in [0.2, 0.25) is 0 Å². The second-order valence-corrected chi connectivity index (χ2v) is 4.97. The Labute approximate surface area is 104 Å². The molecule has 1 N–H and O–H groups in total. The first-order chi connectivity index (χ1) is 8.22. The van der Waals surface area contributed by atoms with Gasteiger partial charge in [-0.05, 0) is 45.4 Å². The molecule has 3 heteroatoms. The lowest BCUT2D eigenvalue weighted by Crippen LogP contribution is -2.36. The number of pyridine rings is 1. The monoisotopic (exact) mass is 234 g/mol. The van der Waals surface area contributed by atoms with Crippen molar-refractivity contribution in [1.82, 2.24) is 10.3 Å². The van der Waals surface area contributed by atoms with Crippen molar-refractivity contribution in [2.45, 2.75) is 44.8 Å². The molecule has 0 aromatic carbocycles. The smallest absolute Gasteiger partial charge is 0.0629 e. The average Bonchev–Trinajstić information content (AvgIpc) is 2.74. The van der Waals surface area contributed by atoms with Crippen LogP contribution < -0.4 is 5.32 Å². The van der Waals surface area contributed by atoms with E-state index in [1.165, 1.54) is 17.7 Å². The molecule has 1 aromatic heterocycles. The van der Waals surface area contributed by atoms with Crippen LogP contribution in [0.5, 0.6) is 0 Å². The highest BCUT2D eigenvalue weighted by atomic mass is 16.5. The van der Waals surface area contributed by atoms with E-state index in [0.29, 0.717) is 12.0 Å². The van der Waals surface area contributed by atoms with Gasteiger partial charge in [0, 0.05) is 23.9 Å². The molecule has 0 fully saturated rings. The Kier molecular flexibility index (Phi) is 4.13. The van der Waals surface area contributed by atoms with Crippen LogP contribution >= 0.6 is 0 Å². The second-order valence-electron chi connectivity index (χ2n) is 4.97. The third-order valence-corrected chi connectivity index (χ3v) is 3.47. The van der Waals surface area contributed by atoms with E-state index in [1.54, 1.807) is 0 Å². The predicted molar refractivity (Wildman–Crippen MR) is 69.2 cm³/mol. The lowest BCUT2D eigenvalue weighted by atomic mass is 9.97. The molecule has 1 aliphatic rings. The van der Waals surface area contributed by atoms with Gasteiger partial charge in [0.1, 0.15) is 0 Å². The second kappa shape index (κ2) is 5.61. The minimum absolute atomic E-state index is 0.287. The van der Waals surface area contributed by atoms with Crippen LogP contribution in [-0.4, -0.2) is 30.8 Å². The molecule has 0 spiro atoms. The van der Waals surface area contributed by atoms with Crippen LogP contribution in [-0.2, 0) is 11.2 Å². The molecule has 1 aromatic rings. The fraction of sp³-hybridized carbons (Fsp3) is 0.643. The van der Waals surface area contributed by atoms with E-state index in [4.69, 9.17) is 4.74 Å². The molecule has 3 nitrogen and oxygen atoms in total. The molecular weight excluding hydrogens is 212 g/mol. The van der Waals surface area contributed by atoms with Crippen LogP contribution in [0.4, 0.5) is 0 Å². The molecule has 0 saturated carbocycles. The molecule has 2 atom stereocenters. The number of likely N-dealkylation sites (N-methyl/N-ethyl adjacent to an activating group) is 1. The van der Waals surface area contributed by atoms with E-state index in [-0.39, 0.29) is 6.10 Å². The number of rotatable bonds is 5. The maximum Gasteiger partial charge on any atom is 0.0629 e. The minimum Gasteiger partial charge on any atom is -0.377 e. The van der Waals surface area contributed by atoms with Gasteiger partial charge in [-0.1, -0.05) is 6.07 Å². The van der Waals surface area contributed by atoms with Crippen LogP contribution in [0.1, 0.15) is 37.4 Å². The van der Waals surface area contributed by atoms with Gasteiger partial charge in [-0.15, -0.1) is 0 Å². The zero-order valence-electron chi connectivity index (χ0n) is 10.9. The molecule has 0 aliphatic heterocycles. The van der Waals surface area contributed by atoms with E-state index in [2.05, 4.69) is 30.2 Å². The lowest BCUT2D eigenvalue weighted by Gasteiger charge is -2.24. The highest BCUT2D eigenvalue weighted by Crippen LogP contribution is 2.33. The number of hydrogen-bond donors (Lipinski definition) is 1. The summed E-state index contributed by atoms with van der Waals surface area (Å²) in [7, 11) is 2.01. The number of ether oxygens (including phenoxy) is 1. The minimum atomic E-state index is 0.287. The first kappa shape index (κ1) is 12.5. The largest absolute Gasteiger partial charge is 0.377 e. The van der Waals surface area contributed by atoms with Gasteiger partial charge in [-0.3, -0.25) is 4.98 Å². The molecule has 0 bridgehead atoms. The number of hydrogen-bond acceptors (Lipinski definition) is 3. The van der Waals surface area contributed by atoms with Crippen LogP contribution in [0.15, 0.2) is 18.3 Å². The topological polar surface area (TPSA) is 34.1 Å². The molecule has 0 amide bonds. The summed E-state index contributed by atoms with van der Waals surface area (Å²) < 4.78 is 5.73. The van der Waals surface area contributed by atoms with Crippen molar-refractivity contribution in [3.63, 3.8) is 0 Å². The van der Waals surface area contributed by atoms with Crippen molar-refractivity contribution < 1.29 is 4.74 Å². The SMILES string of the molecule is CNC(COC(C)C)C1CCc2cccnc21. The highest BCUT2D eigenvalue weighted by Gasteiger charge is 2.30. The van der Waals surface area contributed by atoms with Crippen LogP contribution in [0.3, 0.4) is 0 Å². The number of fused-ring (bicyclic) bond motifs is 1. The van der Waals surface area contributed by atoms with Gasteiger partial charge >= 0.3 is 0 Å². The summed E-state index contributed by atoms with van der Waals surface area (Å²) in [6.45, 7) is 4.91. The summed E-state index contributed by atoms with van der Waals surface area (Å²) in [6, 6.07) is 4.59. The van der Waals surface area contributed by atoms with Crippen molar-refractivity contribution in [1.29, 1.82) is 0 Å². The third-order valence-electron chi connectivity index (χ3n) is 3.47. The highest BCUT2D eigenvalue weighted by molar-refractivity contribution is 5.29. The van der Waals surface area contributed by atoms with Gasteiger partial charge in [-0.2, -0.15) is 0 Å². The number of aromatic nitrogens is 1. The van der Waals surface area contributed by atoms with Crippen LogP contribution in [0, 0.1) is 0 Å². The first-order valence-corrected chi connectivity index (χ1v) is 6.45. The quantitative estimate of drug-likeness (QED) is 0.847. The van der Waals surface area contributed by atoms with Gasteiger partial charge in [0.05, 0.1) is 12.7 Å². The summed E-state index contributed by atoms with van der Waals surface area (Å²) in [5.74, 6) is 0.495. The van der Waals surface area contributed by atoms with Gasteiger partial charge in [-0.25, -0.2) is 0 Å². The number of nitrogens with zero attached hydrogens (tertiary/aromatic N) is 1. The van der Waals surface area contributed by atoms with E-state index < -0.39 is 0 Å². The fourth-order valence-electron chi connectivity index (χ4n) is 2.53. The molecule has 2 unspecified atom stereocenters. The van der Waals surface area contributed by atoms with Gasteiger partial charge in [0.25, 0.3) is 0 Å². The van der Waals surface area contributed by atoms with Gasteiger partial charge in [0.2, 0.25) is 0 Å². The molecule has 17 heavy (non-hydrogen) atoms. The number of nitrogens with one attached hydrogen (secondary N) is 1. The van der Waals surface area contributed by atoms with E-state index in [1.807, 2.05) is 19.3 Å². The van der Waals surface area contributed by atoms with Gasteiger partial charge in [0.15, 0.2) is 0 Å². The van der Waals surface area contributed by atoms with Crippen LogP contribution in [0.25, 0.3) is 0 Å². The maximum atomic E-state index is 5.73. The zero-order valence-corrected chi connectivity index (χ0v) is 10.9. The van der Waals surface area contributed by atoms with E-state index in [9.17, 15) is 0 Å². The summed E-state index contributed by atoms with van der Waals surface area (Å²) in [6.07, 6.45) is 4.51. The third kappa shape index (κ3) is 2.85. The summed E-state index contributed by atoms with van der Waals surface area (Å²) >= 11 is 0. The standard InChI is InChI=1S/C14H22N2O/c1-10(2)17-9-13(15-3)12-7-6-11-5-4-8-16-14(11)12/h4-5,8,10,12-13,15H,6-7,9H2,1-3H3. The van der Waals surface area contributed by atoms with Crippen molar-refractivity contribution >= 4 is 0 Å². The Balaban J connectivity index is 2.06. The number of aryl methyl sites for hydroxylation is 1. The fourth-order valence-corrected chi connectivity index (χ4v) is 2.53. The van der Waals surface area contributed by atoms with E-state index >= 15 is 0 Å². The Bertz CT molecular complexity index is 365. The average molecular weight is 234 g/mol. The first-order valence-electron chi connectivity index (χ1n) is 6.45. The van der Waals surface area contributed by atoms with E-state index in [0.717, 1.165) is 13.0 Å². The summed E-state index contributed by atoms with van der Waals surface area (Å²) in [5, 5.41) is 3.38. The predicted octanol–water partition coefficient (Wildman–Crippen LogP) is 2.12. The molecule has 0 saturated heterocycles. The Morgan fingerprint density at radius 1 is 1.53 bits per heavy atom. The maximum absolute atomic E-state index is 5.73. The molecule has 94 valence electrons.